The summed E-state index contributed by atoms with van der Waals surface area (Å²) in [5.74, 6) is -2.20. The summed E-state index contributed by atoms with van der Waals surface area (Å²) in [7, 11) is -9.97. The van der Waals surface area contributed by atoms with Gasteiger partial charge >= 0.3 is 39.5 Å². The number of carbonyl (C=O) groups is 4. The molecule has 17 nitrogen and oxygen atoms in total. The van der Waals surface area contributed by atoms with Gasteiger partial charge in [-0.3, -0.25) is 37.3 Å². The third kappa shape index (κ3) is 77.4. The molecule has 0 aliphatic heterocycles. The molecule has 0 aliphatic rings. The molecule has 0 rings (SSSR count). The minimum atomic E-state index is -4.99. The summed E-state index contributed by atoms with van der Waals surface area (Å²) in [5, 5.41) is 10.7. The van der Waals surface area contributed by atoms with Crippen LogP contribution in [0.4, 0.5) is 0 Å². The highest BCUT2D eigenvalue weighted by Crippen LogP contribution is 2.45. The van der Waals surface area contributed by atoms with E-state index in [1.807, 2.05) is 0 Å². The minimum Gasteiger partial charge on any atom is -0.462 e. The molecule has 0 saturated heterocycles. The molecule has 0 aliphatic carbocycles. The van der Waals surface area contributed by atoms with Crippen LogP contribution in [-0.4, -0.2) is 96.7 Å². The molecule has 0 bridgehead atoms. The summed E-state index contributed by atoms with van der Waals surface area (Å²) in [5.41, 5.74) is 0. The number of allylic oxidation sites excluding steroid dienone is 22. The summed E-state index contributed by atoms with van der Waals surface area (Å²) >= 11 is 0. The van der Waals surface area contributed by atoms with Crippen LogP contribution in [0.15, 0.2) is 134 Å². The van der Waals surface area contributed by atoms with E-state index in [1.165, 1.54) is 38.5 Å². The third-order valence-corrected chi connectivity index (χ3v) is 19.0. The van der Waals surface area contributed by atoms with Crippen molar-refractivity contribution in [1.82, 2.24) is 0 Å². The number of ether oxygens (including phenoxy) is 4. The molecule has 106 heavy (non-hydrogen) atoms. The maximum Gasteiger partial charge on any atom is 0.472 e. The lowest BCUT2D eigenvalue weighted by molar-refractivity contribution is -0.161. The lowest BCUT2D eigenvalue weighted by Gasteiger charge is -2.21. The number of aliphatic hydroxyl groups is 1. The highest BCUT2D eigenvalue weighted by molar-refractivity contribution is 7.47. The molecule has 19 heteroatoms. The van der Waals surface area contributed by atoms with Gasteiger partial charge in [-0.1, -0.05) is 309 Å². The number of phosphoric acid groups is 2. The smallest absolute Gasteiger partial charge is 0.462 e. The SMILES string of the molecule is CC/C=C\C/C=C\C/C=C\C/C=C\CCCCCCCCC(=O)OCC(COP(=O)(O)OCC(O)COP(=O)(O)OCC(COC(=O)CCCCCCCCC/C=C\C/C=C\C/C=C\CC)OC(=O)CCCCCCCCCCCCC)OC(=O)CCCCCCCC/C=C\C/C=C\C/C=C\C/C=C\CC. The van der Waals surface area contributed by atoms with Crippen LogP contribution in [0.25, 0.3) is 0 Å². The molecular weight excluding hydrogens is 1380 g/mol. The maximum atomic E-state index is 13.1. The van der Waals surface area contributed by atoms with Crippen LogP contribution in [0, 0.1) is 0 Å². The fourth-order valence-corrected chi connectivity index (χ4v) is 12.5. The number of hydrogen-bond donors (Lipinski definition) is 3. The van der Waals surface area contributed by atoms with Crippen LogP contribution in [0.2, 0.25) is 0 Å². The molecular formula is C87H148O17P2. The van der Waals surface area contributed by atoms with E-state index >= 15 is 0 Å². The second kappa shape index (κ2) is 78.3. The van der Waals surface area contributed by atoms with Crippen molar-refractivity contribution in [2.24, 2.45) is 0 Å². The first-order valence-corrected chi connectivity index (χ1v) is 44.4. The van der Waals surface area contributed by atoms with Crippen molar-refractivity contribution < 1.29 is 80.2 Å². The summed E-state index contributed by atoms with van der Waals surface area (Å²) < 4.78 is 68.7. The van der Waals surface area contributed by atoms with Gasteiger partial charge in [0.1, 0.15) is 19.3 Å². The Kier molecular flexibility index (Phi) is 74.8. The second-order valence-electron chi connectivity index (χ2n) is 27.3. The van der Waals surface area contributed by atoms with Gasteiger partial charge in [0.2, 0.25) is 0 Å². The summed E-state index contributed by atoms with van der Waals surface area (Å²) in [6.07, 6.45) is 88.5. The topological polar surface area (TPSA) is 237 Å². The number of phosphoric ester groups is 2. The molecule has 0 aromatic rings. The Morgan fingerprint density at radius 3 is 0.755 bits per heavy atom. The fraction of sp³-hybridized carbons (Fsp3) is 0.701. The first-order valence-electron chi connectivity index (χ1n) is 41.4. The van der Waals surface area contributed by atoms with E-state index in [9.17, 15) is 43.2 Å². The van der Waals surface area contributed by atoms with Crippen molar-refractivity contribution in [1.29, 1.82) is 0 Å². The van der Waals surface area contributed by atoms with E-state index in [0.29, 0.717) is 25.7 Å². The summed E-state index contributed by atoms with van der Waals surface area (Å²) in [6.45, 7) is 4.52. The molecule has 608 valence electrons. The molecule has 0 heterocycles. The predicted octanol–water partition coefficient (Wildman–Crippen LogP) is 24.4. The van der Waals surface area contributed by atoms with Crippen LogP contribution in [0.5, 0.6) is 0 Å². The van der Waals surface area contributed by atoms with Crippen LogP contribution < -0.4 is 0 Å². The van der Waals surface area contributed by atoms with Crippen LogP contribution in [0.3, 0.4) is 0 Å². The fourth-order valence-electron chi connectivity index (χ4n) is 10.9. The number of unbranched alkanes of at least 4 members (excludes halogenated alkanes) is 29. The zero-order valence-electron chi connectivity index (χ0n) is 66.6. The Bertz CT molecular complexity index is 2530. The molecule has 5 atom stereocenters. The average molecular weight is 1530 g/mol. The van der Waals surface area contributed by atoms with Crippen molar-refractivity contribution in [3.8, 4) is 0 Å². The first-order chi connectivity index (χ1) is 51.7. The van der Waals surface area contributed by atoms with Crippen molar-refractivity contribution in [2.75, 3.05) is 39.6 Å². The van der Waals surface area contributed by atoms with E-state index in [0.717, 1.165) is 218 Å². The molecule has 0 aromatic heterocycles. The van der Waals surface area contributed by atoms with Gasteiger partial charge < -0.3 is 33.8 Å². The van der Waals surface area contributed by atoms with E-state index in [1.54, 1.807) is 0 Å². The van der Waals surface area contributed by atoms with E-state index in [-0.39, 0.29) is 25.7 Å². The van der Waals surface area contributed by atoms with Gasteiger partial charge in [0.25, 0.3) is 0 Å². The highest BCUT2D eigenvalue weighted by atomic mass is 31.2. The van der Waals surface area contributed by atoms with Gasteiger partial charge in [0, 0.05) is 25.7 Å². The minimum absolute atomic E-state index is 0.0726. The standard InChI is InChI=1S/C87H148O17P2/c1-5-9-13-17-21-25-29-32-35-38-40-43-46-49-53-56-60-64-68-72-85(90)98-78-83(104-87(92)74-70-66-62-58-54-50-47-44-41-39-36-33-30-26-22-18-14-10-6-2)80-102-106(95,96)100-76-81(88)75-99-105(93,94)101-79-82(103-86(91)73-69-65-61-57-51-28-24-20-16-12-8-4)77-97-84(89)71-67-63-59-55-52-48-45-42-37-34-31-27-23-19-15-11-7-3/h9-11,13-15,21-23,25-27,32-37,40-41,43-44,81-83,88H,5-8,12,16-20,24,28-31,38-39,42,45-80H2,1-4H3,(H,93,94)(H,95,96)/b13-9-,14-10-,15-11-,25-21-,26-22-,27-23-,35-32-,36-33-,37-34-,43-40-,44-41-. The lowest BCUT2D eigenvalue weighted by Crippen LogP contribution is -2.30. The quantitative estimate of drug-likeness (QED) is 0.0169. The van der Waals surface area contributed by atoms with Crippen molar-refractivity contribution in [3.63, 3.8) is 0 Å². The number of aliphatic hydroxyl groups excluding tert-OH is 1. The molecule has 0 fully saturated rings. The van der Waals surface area contributed by atoms with Gasteiger partial charge in [-0.2, -0.15) is 0 Å². The summed E-state index contributed by atoms with van der Waals surface area (Å²) in [4.78, 5) is 73.1. The normalized spacial score (nSPS) is 14.5. The predicted molar refractivity (Wildman–Crippen MR) is 436 cm³/mol. The van der Waals surface area contributed by atoms with Gasteiger partial charge in [0.15, 0.2) is 12.2 Å². The number of carbonyl (C=O) groups excluding carboxylic acids is 4. The molecule has 5 unspecified atom stereocenters. The first kappa shape index (κ1) is 101. The molecule has 0 aromatic carbocycles. The zero-order valence-corrected chi connectivity index (χ0v) is 68.4. The molecule has 0 saturated carbocycles. The van der Waals surface area contributed by atoms with E-state index in [2.05, 4.69) is 161 Å². The van der Waals surface area contributed by atoms with E-state index < -0.39 is 97.5 Å². The van der Waals surface area contributed by atoms with Crippen molar-refractivity contribution in [2.45, 2.75) is 354 Å². The molecule has 3 N–H and O–H groups in total. The van der Waals surface area contributed by atoms with Crippen molar-refractivity contribution in [3.05, 3.63) is 134 Å². The Labute approximate surface area is 644 Å². The van der Waals surface area contributed by atoms with Crippen LogP contribution >= 0.6 is 15.6 Å². The molecule has 0 radical (unpaired) electrons. The van der Waals surface area contributed by atoms with Gasteiger partial charge in [-0.25, -0.2) is 9.13 Å². The highest BCUT2D eigenvalue weighted by Gasteiger charge is 2.30. The number of esters is 4. The number of rotatable bonds is 77. The Hall–Kier alpha value is -4.80. The van der Waals surface area contributed by atoms with Crippen LogP contribution in [0.1, 0.15) is 336 Å². The summed E-state index contributed by atoms with van der Waals surface area (Å²) in [6, 6.07) is 0. The lowest BCUT2D eigenvalue weighted by atomic mass is 10.1. The monoisotopic (exact) mass is 1530 g/mol. The zero-order chi connectivity index (χ0) is 77.4. The Morgan fingerprint density at radius 1 is 0.274 bits per heavy atom. The van der Waals surface area contributed by atoms with Gasteiger partial charge in [0.05, 0.1) is 26.4 Å². The third-order valence-electron chi connectivity index (χ3n) is 17.1. The second-order valence-corrected chi connectivity index (χ2v) is 30.2. The average Bonchev–Trinajstić information content (AvgIpc) is 0.901. The van der Waals surface area contributed by atoms with E-state index in [4.69, 9.17) is 37.0 Å². The van der Waals surface area contributed by atoms with Crippen LogP contribution in [-0.2, 0) is 65.4 Å². The number of hydrogen-bond acceptors (Lipinski definition) is 15. The Morgan fingerprint density at radius 2 is 0.491 bits per heavy atom. The van der Waals surface area contributed by atoms with Gasteiger partial charge in [-0.15, -0.1) is 0 Å². The molecule has 0 amide bonds. The Balaban J connectivity index is 5.36. The van der Waals surface area contributed by atoms with Gasteiger partial charge in [-0.05, 0) is 135 Å². The molecule has 0 spiro atoms. The maximum absolute atomic E-state index is 13.1. The van der Waals surface area contributed by atoms with Crippen molar-refractivity contribution >= 4 is 39.5 Å². The largest absolute Gasteiger partial charge is 0.472 e.